The van der Waals surface area contributed by atoms with Crippen molar-refractivity contribution < 1.29 is 19.0 Å². The summed E-state index contributed by atoms with van der Waals surface area (Å²) in [6, 6.07) is 24.5. The SMILES string of the molecule is CC[C@@H](Oc1ccccc1OC)C(=O)Nc1ccc(OCc2ccccc2)cc1. The van der Waals surface area contributed by atoms with Gasteiger partial charge >= 0.3 is 0 Å². The van der Waals surface area contributed by atoms with Crippen molar-refractivity contribution in [2.24, 2.45) is 0 Å². The first kappa shape index (κ1) is 20.3. The van der Waals surface area contributed by atoms with Crippen LogP contribution in [0.25, 0.3) is 0 Å². The molecule has 0 aliphatic rings. The second kappa shape index (κ2) is 10.2. The Balaban J connectivity index is 1.57. The third kappa shape index (κ3) is 5.75. The zero-order valence-corrected chi connectivity index (χ0v) is 16.6. The Bertz CT molecular complexity index is 910. The standard InChI is InChI=1S/C24H25NO4/c1-3-21(29-23-12-8-7-11-22(23)27-2)24(26)25-19-13-15-20(16-14-19)28-17-18-9-5-4-6-10-18/h4-16,21H,3,17H2,1-2H3,(H,25,26)/t21-/m1/s1. The number of rotatable bonds is 9. The summed E-state index contributed by atoms with van der Waals surface area (Å²) in [5, 5.41) is 2.89. The van der Waals surface area contributed by atoms with E-state index in [1.165, 1.54) is 0 Å². The molecule has 0 aromatic heterocycles. The van der Waals surface area contributed by atoms with Crippen LogP contribution < -0.4 is 19.5 Å². The highest BCUT2D eigenvalue weighted by molar-refractivity contribution is 5.94. The van der Waals surface area contributed by atoms with E-state index in [1.54, 1.807) is 19.2 Å². The van der Waals surface area contributed by atoms with E-state index in [9.17, 15) is 4.79 Å². The van der Waals surface area contributed by atoms with Crippen molar-refractivity contribution in [1.29, 1.82) is 0 Å². The predicted molar refractivity (Wildman–Crippen MR) is 114 cm³/mol. The van der Waals surface area contributed by atoms with E-state index in [2.05, 4.69) is 5.32 Å². The highest BCUT2D eigenvalue weighted by Gasteiger charge is 2.20. The lowest BCUT2D eigenvalue weighted by atomic mass is 10.2. The van der Waals surface area contributed by atoms with Gasteiger partial charge in [0.25, 0.3) is 5.91 Å². The van der Waals surface area contributed by atoms with Gasteiger partial charge in [-0.15, -0.1) is 0 Å². The topological polar surface area (TPSA) is 56.8 Å². The average molecular weight is 391 g/mol. The molecule has 0 saturated heterocycles. The minimum atomic E-state index is -0.625. The van der Waals surface area contributed by atoms with Crippen molar-refractivity contribution in [1.82, 2.24) is 0 Å². The van der Waals surface area contributed by atoms with Crippen LogP contribution in [0.4, 0.5) is 5.69 Å². The molecule has 0 saturated carbocycles. The molecule has 3 aromatic carbocycles. The molecule has 29 heavy (non-hydrogen) atoms. The van der Waals surface area contributed by atoms with Gasteiger partial charge in [0.2, 0.25) is 0 Å². The summed E-state index contributed by atoms with van der Waals surface area (Å²) in [5.74, 6) is 1.67. The molecule has 0 heterocycles. The van der Waals surface area contributed by atoms with Crippen LogP contribution in [-0.4, -0.2) is 19.1 Å². The second-order valence-corrected chi connectivity index (χ2v) is 6.45. The van der Waals surface area contributed by atoms with Gasteiger partial charge in [0, 0.05) is 5.69 Å². The first-order valence-electron chi connectivity index (χ1n) is 9.57. The van der Waals surface area contributed by atoms with Gasteiger partial charge in [0.1, 0.15) is 12.4 Å². The summed E-state index contributed by atoms with van der Waals surface area (Å²) in [6.07, 6.45) is -0.0948. The lowest BCUT2D eigenvalue weighted by molar-refractivity contribution is -0.122. The van der Waals surface area contributed by atoms with Gasteiger partial charge in [0.05, 0.1) is 7.11 Å². The fraction of sp³-hybridized carbons (Fsp3) is 0.208. The van der Waals surface area contributed by atoms with Crippen LogP contribution in [0.5, 0.6) is 17.2 Å². The Hall–Kier alpha value is -3.47. The van der Waals surface area contributed by atoms with Gasteiger partial charge in [-0.3, -0.25) is 4.79 Å². The van der Waals surface area contributed by atoms with Crippen molar-refractivity contribution in [2.75, 3.05) is 12.4 Å². The maximum atomic E-state index is 12.6. The molecule has 0 spiro atoms. The number of nitrogens with one attached hydrogen (secondary N) is 1. The van der Waals surface area contributed by atoms with Gasteiger partial charge in [-0.05, 0) is 48.4 Å². The largest absolute Gasteiger partial charge is 0.493 e. The highest BCUT2D eigenvalue weighted by atomic mass is 16.5. The van der Waals surface area contributed by atoms with Crippen molar-refractivity contribution in [3.8, 4) is 17.2 Å². The third-order valence-corrected chi connectivity index (χ3v) is 4.37. The number of benzene rings is 3. The van der Waals surface area contributed by atoms with Gasteiger partial charge in [-0.25, -0.2) is 0 Å². The first-order chi connectivity index (χ1) is 14.2. The molecule has 0 unspecified atom stereocenters. The van der Waals surface area contributed by atoms with Crippen LogP contribution in [0.2, 0.25) is 0 Å². The summed E-state index contributed by atoms with van der Waals surface area (Å²) < 4.78 is 16.9. The number of carbonyl (C=O) groups excluding carboxylic acids is 1. The van der Waals surface area contributed by atoms with E-state index in [-0.39, 0.29) is 5.91 Å². The van der Waals surface area contributed by atoms with Gasteiger partial charge in [-0.2, -0.15) is 0 Å². The Morgan fingerprint density at radius 3 is 2.21 bits per heavy atom. The van der Waals surface area contributed by atoms with Crippen molar-refractivity contribution in [2.45, 2.75) is 26.1 Å². The summed E-state index contributed by atoms with van der Waals surface area (Å²) >= 11 is 0. The monoisotopic (exact) mass is 391 g/mol. The number of hydrogen-bond acceptors (Lipinski definition) is 4. The lowest BCUT2D eigenvalue weighted by Gasteiger charge is -2.19. The molecule has 0 fully saturated rings. The number of hydrogen-bond donors (Lipinski definition) is 1. The predicted octanol–water partition coefficient (Wildman–Crippen LogP) is 5.07. The van der Waals surface area contributed by atoms with E-state index in [0.717, 1.165) is 11.3 Å². The van der Waals surface area contributed by atoms with E-state index < -0.39 is 6.10 Å². The number of amides is 1. The van der Waals surface area contributed by atoms with Crippen molar-refractivity contribution in [3.05, 3.63) is 84.4 Å². The number of para-hydroxylation sites is 2. The number of anilines is 1. The molecule has 5 heteroatoms. The summed E-state index contributed by atoms with van der Waals surface area (Å²) in [4.78, 5) is 12.6. The maximum Gasteiger partial charge on any atom is 0.265 e. The molecule has 1 atom stereocenters. The molecule has 150 valence electrons. The minimum absolute atomic E-state index is 0.212. The van der Waals surface area contributed by atoms with E-state index >= 15 is 0 Å². The summed E-state index contributed by atoms with van der Waals surface area (Å²) in [5.41, 5.74) is 1.79. The molecule has 0 aliphatic heterocycles. The number of ether oxygens (including phenoxy) is 3. The van der Waals surface area contributed by atoms with E-state index in [0.29, 0.717) is 30.2 Å². The summed E-state index contributed by atoms with van der Waals surface area (Å²) in [6.45, 7) is 2.40. The minimum Gasteiger partial charge on any atom is -0.493 e. The van der Waals surface area contributed by atoms with Crippen LogP contribution in [-0.2, 0) is 11.4 Å². The van der Waals surface area contributed by atoms with Crippen molar-refractivity contribution >= 4 is 11.6 Å². The van der Waals surface area contributed by atoms with Gasteiger partial charge < -0.3 is 19.5 Å². The lowest BCUT2D eigenvalue weighted by Crippen LogP contribution is -2.32. The van der Waals surface area contributed by atoms with Gasteiger partial charge in [0.15, 0.2) is 17.6 Å². The Morgan fingerprint density at radius 1 is 0.897 bits per heavy atom. The molecule has 0 bridgehead atoms. The molecule has 0 aliphatic carbocycles. The average Bonchev–Trinajstić information content (AvgIpc) is 2.77. The third-order valence-electron chi connectivity index (χ3n) is 4.37. The van der Waals surface area contributed by atoms with E-state index in [1.807, 2.05) is 73.7 Å². The molecule has 5 nitrogen and oxygen atoms in total. The molecule has 1 amide bonds. The molecule has 3 rings (SSSR count). The Labute approximate surface area is 171 Å². The quantitative estimate of drug-likeness (QED) is 0.553. The Kier molecular flexibility index (Phi) is 7.11. The molecule has 0 radical (unpaired) electrons. The highest BCUT2D eigenvalue weighted by Crippen LogP contribution is 2.27. The smallest absolute Gasteiger partial charge is 0.265 e. The number of methoxy groups -OCH3 is 1. The summed E-state index contributed by atoms with van der Waals surface area (Å²) in [7, 11) is 1.57. The number of carbonyl (C=O) groups is 1. The van der Waals surface area contributed by atoms with Crippen LogP contribution in [0.3, 0.4) is 0 Å². The fourth-order valence-corrected chi connectivity index (χ4v) is 2.79. The van der Waals surface area contributed by atoms with Crippen LogP contribution in [0.15, 0.2) is 78.9 Å². The first-order valence-corrected chi connectivity index (χ1v) is 9.57. The van der Waals surface area contributed by atoms with Crippen LogP contribution in [0, 0.1) is 0 Å². The fourth-order valence-electron chi connectivity index (χ4n) is 2.79. The zero-order valence-electron chi connectivity index (χ0n) is 16.6. The molecule has 3 aromatic rings. The molecule has 1 N–H and O–H groups in total. The van der Waals surface area contributed by atoms with Crippen LogP contribution in [0.1, 0.15) is 18.9 Å². The second-order valence-electron chi connectivity index (χ2n) is 6.45. The maximum absolute atomic E-state index is 12.6. The van der Waals surface area contributed by atoms with Crippen molar-refractivity contribution in [3.63, 3.8) is 0 Å². The molecular formula is C24H25NO4. The van der Waals surface area contributed by atoms with Gasteiger partial charge in [-0.1, -0.05) is 49.4 Å². The zero-order chi connectivity index (χ0) is 20.5. The Morgan fingerprint density at radius 2 is 1.55 bits per heavy atom. The normalized spacial score (nSPS) is 11.4. The van der Waals surface area contributed by atoms with E-state index in [4.69, 9.17) is 14.2 Å². The van der Waals surface area contributed by atoms with Crippen LogP contribution >= 0.6 is 0 Å². The molecular weight excluding hydrogens is 366 g/mol.